The molecule has 0 radical (unpaired) electrons. The Labute approximate surface area is 141 Å². The van der Waals surface area contributed by atoms with Crippen LogP contribution < -0.4 is 4.31 Å². The van der Waals surface area contributed by atoms with Crippen molar-refractivity contribution in [2.75, 3.05) is 10.8 Å². The monoisotopic (exact) mass is 371 g/mol. The van der Waals surface area contributed by atoms with Crippen molar-refractivity contribution in [3.63, 3.8) is 0 Å². The highest BCUT2D eigenvalue weighted by Crippen LogP contribution is 2.40. The highest BCUT2D eigenvalue weighted by atomic mass is 32.2. The van der Waals surface area contributed by atoms with Gasteiger partial charge in [0, 0.05) is 0 Å². The average molecular weight is 371 g/mol. The Morgan fingerprint density at radius 3 is 2.24 bits per heavy atom. The van der Waals surface area contributed by atoms with Gasteiger partial charge in [0.25, 0.3) is 10.0 Å². The van der Waals surface area contributed by atoms with E-state index in [1.54, 1.807) is 12.1 Å². The van der Waals surface area contributed by atoms with Crippen LogP contribution in [0.4, 0.5) is 18.9 Å². The number of carbonyl (C=O) groups is 1. The number of nitrogens with zero attached hydrogens (tertiary/aromatic N) is 1. The van der Waals surface area contributed by atoms with Crippen molar-refractivity contribution in [2.24, 2.45) is 0 Å². The number of hydrogen-bond acceptors (Lipinski definition) is 3. The summed E-state index contributed by atoms with van der Waals surface area (Å²) in [7, 11) is -4.18. The van der Waals surface area contributed by atoms with Crippen LogP contribution in [0.3, 0.4) is 0 Å². The smallest absolute Gasteiger partial charge is 0.416 e. The summed E-state index contributed by atoms with van der Waals surface area (Å²) < 4.78 is 64.4. The number of alkyl halides is 3. The second-order valence-electron chi connectivity index (χ2n) is 5.51. The fourth-order valence-electron chi connectivity index (χ4n) is 2.75. The van der Waals surface area contributed by atoms with Gasteiger partial charge < -0.3 is 5.11 Å². The topological polar surface area (TPSA) is 74.7 Å². The van der Waals surface area contributed by atoms with E-state index in [2.05, 4.69) is 0 Å². The van der Waals surface area contributed by atoms with Gasteiger partial charge in [0.05, 0.1) is 22.7 Å². The third kappa shape index (κ3) is 2.95. The number of sulfonamides is 1. The first-order valence-corrected chi connectivity index (χ1v) is 8.58. The molecule has 0 saturated carbocycles. The minimum absolute atomic E-state index is 0.217. The number of halogens is 3. The highest BCUT2D eigenvalue weighted by molar-refractivity contribution is 7.92. The first-order chi connectivity index (χ1) is 11.6. The van der Waals surface area contributed by atoms with Crippen molar-refractivity contribution in [1.29, 1.82) is 0 Å². The number of hydrogen-bond donors (Lipinski definition) is 1. The van der Waals surface area contributed by atoms with E-state index >= 15 is 0 Å². The van der Waals surface area contributed by atoms with Crippen LogP contribution in [0, 0.1) is 0 Å². The average Bonchev–Trinajstić information content (AvgIpc) is 2.95. The molecule has 1 atom stereocenters. The molecule has 1 N–H and O–H groups in total. The Morgan fingerprint density at radius 2 is 1.68 bits per heavy atom. The maximum absolute atomic E-state index is 12.8. The summed E-state index contributed by atoms with van der Waals surface area (Å²) in [5.74, 6) is -2.20. The Kier molecular flexibility index (Phi) is 3.98. The standard InChI is InChI=1S/C16H12F3NO4S/c17-16(18,19)10-5-7-11(8-6-10)25(23,24)20-9-13(15(21)22)12-3-1-2-4-14(12)20/h1-8,13H,9H2,(H,21,22). The summed E-state index contributed by atoms with van der Waals surface area (Å²) in [5.41, 5.74) is -0.392. The van der Waals surface area contributed by atoms with Crippen LogP contribution in [0.1, 0.15) is 17.0 Å². The lowest BCUT2D eigenvalue weighted by Crippen LogP contribution is -2.31. The first kappa shape index (κ1) is 17.3. The zero-order valence-electron chi connectivity index (χ0n) is 12.6. The Morgan fingerprint density at radius 1 is 1.08 bits per heavy atom. The van der Waals surface area contributed by atoms with E-state index in [0.717, 1.165) is 16.4 Å². The van der Waals surface area contributed by atoms with E-state index in [1.165, 1.54) is 12.1 Å². The van der Waals surface area contributed by atoms with E-state index < -0.39 is 33.7 Å². The van der Waals surface area contributed by atoms with Gasteiger partial charge in [-0.25, -0.2) is 8.42 Å². The molecule has 0 amide bonds. The van der Waals surface area contributed by atoms with E-state index in [1.807, 2.05) is 0 Å². The van der Waals surface area contributed by atoms with Gasteiger partial charge in [-0.15, -0.1) is 0 Å². The van der Waals surface area contributed by atoms with Crippen molar-refractivity contribution in [3.05, 3.63) is 59.7 Å². The third-order valence-electron chi connectivity index (χ3n) is 4.00. The molecular formula is C16H12F3NO4S. The van der Waals surface area contributed by atoms with E-state index in [9.17, 15) is 31.5 Å². The minimum Gasteiger partial charge on any atom is -0.481 e. The zero-order valence-corrected chi connectivity index (χ0v) is 13.4. The van der Waals surface area contributed by atoms with Gasteiger partial charge in [0.2, 0.25) is 0 Å². The van der Waals surface area contributed by atoms with Crippen LogP contribution >= 0.6 is 0 Å². The molecule has 25 heavy (non-hydrogen) atoms. The predicted molar refractivity (Wildman–Crippen MR) is 82.8 cm³/mol. The SMILES string of the molecule is O=C(O)C1CN(S(=O)(=O)c2ccc(C(F)(F)F)cc2)c2ccccc21. The second kappa shape index (κ2) is 5.76. The second-order valence-corrected chi connectivity index (χ2v) is 7.37. The lowest BCUT2D eigenvalue weighted by Gasteiger charge is -2.20. The van der Waals surface area contributed by atoms with Crippen LogP contribution in [0.2, 0.25) is 0 Å². The molecule has 0 saturated heterocycles. The number of anilines is 1. The van der Waals surface area contributed by atoms with Crippen molar-refractivity contribution >= 4 is 21.7 Å². The molecule has 3 rings (SSSR count). The van der Waals surface area contributed by atoms with Crippen molar-refractivity contribution in [3.8, 4) is 0 Å². The van der Waals surface area contributed by atoms with E-state index in [0.29, 0.717) is 17.7 Å². The molecular weight excluding hydrogens is 359 g/mol. The number of rotatable bonds is 3. The summed E-state index contributed by atoms with van der Waals surface area (Å²) in [5, 5.41) is 9.29. The van der Waals surface area contributed by atoms with E-state index in [4.69, 9.17) is 0 Å². The Bertz CT molecular complexity index is 923. The molecule has 0 spiro atoms. The fraction of sp³-hybridized carbons (Fsp3) is 0.188. The van der Waals surface area contributed by atoms with Gasteiger partial charge >= 0.3 is 12.1 Å². The van der Waals surface area contributed by atoms with Crippen molar-refractivity contribution in [2.45, 2.75) is 17.0 Å². The lowest BCUT2D eigenvalue weighted by molar-refractivity contribution is -0.139. The molecule has 1 aliphatic heterocycles. The number of carboxylic acid groups (broad SMARTS) is 1. The normalized spacial score (nSPS) is 17.4. The largest absolute Gasteiger partial charge is 0.481 e. The lowest BCUT2D eigenvalue weighted by atomic mass is 10.0. The molecule has 9 heteroatoms. The van der Waals surface area contributed by atoms with Gasteiger partial charge in [0.15, 0.2) is 0 Å². The quantitative estimate of drug-likeness (QED) is 0.900. The molecule has 0 fully saturated rings. The fourth-order valence-corrected chi connectivity index (χ4v) is 4.26. The number of aliphatic carboxylic acids is 1. The summed E-state index contributed by atoms with van der Waals surface area (Å²) >= 11 is 0. The third-order valence-corrected chi connectivity index (χ3v) is 5.79. The zero-order chi connectivity index (χ0) is 18.4. The number of fused-ring (bicyclic) bond motifs is 1. The Balaban J connectivity index is 2.03. The molecule has 0 aliphatic carbocycles. The number of carboxylic acids is 1. The summed E-state index contributed by atoms with van der Waals surface area (Å²) in [6, 6.07) is 9.27. The summed E-state index contributed by atoms with van der Waals surface area (Å²) in [6.45, 7) is -0.308. The Hall–Kier alpha value is -2.55. The minimum atomic E-state index is -4.57. The molecule has 0 bridgehead atoms. The molecule has 1 heterocycles. The van der Waals surface area contributed by atoms with Crippen LogP contribution in [-0.4, -0.2) is 26.0 Å². The van der Waals surface area contributed by atoms with Crippen LogP contribution in [0.15, 0.2) is 53.4 Å². The summed E-state index contributed by atoms with van der Waals surface area (Å²) in [4.78, 5) is 11.0. The maximum atomic E-state index is 12.8. The molecule has 1 unspecified atom stereocenters. The molecule has 132 valence electrons. The molecule has 1 aliphatic rings. The number of benzene rings is 2. The molecule has 2 aromatic carbocycles. The molecule has 0 aromatic heterocycles. The van der Waals surface area contributed by atoms with Gasteiger partial charge in [-0.1, -0.05) is 18.2 Å². The van der Waals surface area contributed by atoms with Gasteiger partial charge in [-0.05, 0) is 35.9 Å². The van der Waals surface area contributed by atoms with Crippen LogP contribution in [0.25, 0.3) is 0 Å². The maximum Gasteiger partial charge on any atom is 0.416 e. The summed E-state index contributed by atoms with van der Waals surface area (Å²) in [6.07, 6.45) is -4.57. The highest BCUT2D eigenvalue weighted by Gasteiger charge is 2.40. The van der Waals surface area contributed by atoms with Crippen molar-refractivity contribution < 1.29 is 31.5 Å². The number of para-hydroxylation sites is 1. The first-order valence-electron chi connectivity index (χ1n) is 7.14. The molecule has 2 aromatic rings. The predicted octanol–water partition coefficient (Wildman–Crippen LogP) is 3.08. The van der Waals surface area contributed by atoms with Gasteiger partial charge in [0.1, 0.15) is 5.92 Å². The molecule has 5 nitrogen and oxygen atoms in total. The van der Waals surface area contributed by atoms with E-state index in [-0.39, 0.29) is 17.1 Å². The van der Waals surface area contributed by atoms with Gasteiger partial charge in [-0.3, -0.25) is 9.10 Å². The van der Waals surface area contributed by atoms with Crippen LogP contribution in [0.5, 0.6) is 0 Å². The van der Waals surface area contributed by atoms with Gasteiger partial charge in [-0.2, -0.15) is 13.2 Å². The van der Waals surface area contributed by atoms with Crippen molar-refractivity contribution in [1.82, 2.24) is 0 Å². The van der Waals surface area contributed by atoms with Crippen LogP contribution in [-0.2, 0) is 21.0 Å².